The average molecular weight is 395 g/mol. The second-order valence-corrected chi connectivity index (χ2v) is 10.3. The minimum absolute atomic E-state index is 0.0438. The van der Waals surface area contributed by atoms with Gasteiger partial charge in [-0.2, -0.15) is 0 Å². The van der Waals surface area contributed by atoms with Gasteiger partial charge in [-0.25, -0.2) is 8.42 Å². The van der Waals surface area contributed by atoms with Gasteiger partial charge in [0.1, 0.15) is 0 Å². The Morgan fingerprint density at radius 1 is 1.30 bits per heavy atom. The molecule has 0 bridgehead atoms. The molecule has 0 radical (unpaired) electrons. The first-order chi connectivity index (χ1) is 12.6. The van der Waals surface area contributed by atoms with Gasteiger partial charge in [-0.05, 0) is 29.4 Å². The summed E-state index contributed by atoms with van der Waals surface area (Å²) in [5.41, 5.74) is 2.22. The lowest BCUT2D eigenvalue weighted by Crippen LogP contribution is -2.43. The van der Waals surface area contributed by atoms with E-state index >= 15 is 0 Å². The molecule has 1 aliphatic heterocycles. The summed E-state index contributed by atoms with van der Waals surface area (Å²) in [4.78, 5) is 19.2. The van der Waals surface area contributed by atoms with Crippen LogP contribution in [0.15, 0.2) is 29.4 Å². The third-order valence-electron chi connectivity index (χ3n) is 4.68. The Bertz CT molecular complexity index is 764. The van der Waals surface area contributed by atoms with E-state index in [1.54, 1.807) is 11.1 Å². The second-order valence-electron chi connectivity index (χ2n) is 8.02. The van der Waals surface area contributed by atoms with Crippen LogP contribution in [-0.4, -0.2) is 56.1 Å². The quantitative estimate of drug-likeness (QED) is 0.526. The van der Waals surface area contributed by atoms with Crippen LogP contribution >= 0.6 is 0 Å². The van der Waals surface area contributed by atoms with Gasteiger partial charge in [-0.1, -0.05) is 57.1 Å². The average Bonchev–Trinajstić information content (AvgIpc) is 2.95. The summed E-state index contributed by atoms with van der Waals surface area (Å²) >= 11 is 0. The normalized spacial score (nSPS) is 19.3. The fourth-order valence-corrected chi connectivity index (χ4v) is 4.85. The van der Waals surface area contributed by atoms with Crippen molar-refractivity contribution in [1.29, 1.82) is 0 Å². The zero-order chi connectivity index (χ0) is 20.1. The molecule has 1 fully saturated rings. The summed E-state index contributed by atoms with van der Waals surface area (Å²) in [5, 5.41) is 3.88. The summed E-state index contributed by atoms with van der Waals surface area (Å²) in [6.07, 6.45) is 2.84. The molecule has 150 valence electrons. The van der Waals surface area contributed by atoms with Crippen LogP contribution in [0, 0.1) is 0 Å². The highest BCUT2D eigenvalue weighted by Crippen LogP contribution is 2.22. The third kappa shape index (κ3) is 6.34. The lowest BCUT2D eigenvalue weighted by molar-refractivity contribution is -0.138. The van der Waals surface area contributed by atoms with Gasteiger partial charge < -0.3 is 9.74 Å². The molecule has 0 aromatic heterocycles. The highest BCUT2D eigenvalue weighted by molar-refractivity contribution is 7.91. The SMILES string of the molecule is CCCN(C(=O)CO/N=C/c1ccc(C(C)(C)C)cc1)C1CCS(=O)(=O)C1. The maximum atomic E-state index is 12.4. The molecular weight excluding hydrogens is 364 g/mol. The molecule has 7 heteroatoms. The fourth-order valence-electron chi connectivity index (χ4n) is 3.12. The molecule has 1 aromatic rings. The number of rotatable bonds is 7. The van der Waals surface area contributed by atoms with Crippen LogP contribution in [0.5, 0.6) is 0 Å². The van der Waals surface area contributed by atoms with Crippen LogP contribution in [0.3, 0.4) is 0 Å². The van der Waals surface area contributed by atoms with Crippen LogP contribution in [0.4, 0.5) is 0 Å². The summed E-state index contributed by atoms with van der Waals surface area (Å²) in [6.45, 7) is 8.77. The molecule has 0 spiro atoms. The van der Waals surface area contributed by atoms with Crippen molar-refractivity contribution in [2.24, 2.45) is 5.16 Å². The van der Waals surface area contributed by atoms with Gasteiger partial charge in [0.05, 0.1) is 17.7 Å². The smallest absolute Gasteiger partial charge is 0.263 e. The van der Waals surface area contributed by atoms with Gasteiger partial charge >= 0.3 is 0 Å². The van der Waals surface area contributed by atoms with E-state index < -0.39 is 9.84 Å². The zero-order valence-electron chi connectivity index (χ0n) is 16.6. The van der Waals surface area contributed by atoms with E-state index in [2.05, 4.69) is 38.1 Å². The van der Waals surface area contributed by atoms with Gasteiger partial charge in [0.15, 0.2) is 16.4 Å². The summed E-state index contributed by atoms with van der Waals surface area (Å²) in [7, 11) is -3.03. The number of amides is 1. The number of carbonyl (C=O) groups excluding carboxylic acids is 1. The molecule has 0 N–H and O–H groups in total. The maximum Gasteiger partial charge on any atom is 0.263 e. The van der Waals surface area contributed by atoms with Gasteiger partial charge in [0, 0.05) is 12.6 Å². The maximum absolute atomic E-state index is 12.4. The van der Waals surface area contributed by atoms with Crippen molar-refractivity contribution < 1.29 is 18.0 Å². The Labute approximate surface area is 162 Å². The lowest BCUT2D eigenvalue weighted by atomic mass is 9.87. The van der Waals surface area contributed by atoms with Crippen molar-refractivity contribution in [3.05, 3.63) is 35.4 Å². The molecule has 1 unspecified atom stereocenters. The number of oxime groups is 1. The third-order valence-corrected chi connectivity index (χ3v) is 6.43. The Balaban J connectivity index is 1.89. The molecule has 0 saturated carbocycles. The largest absolute Gasteiger partial charge is 0.386 e. The van der Waals surface area contributed by atoms with Gasteiger partial charge in [0.25, 0.3) is 5.91 Å². The Hall–Kier alpha value is -1.89. The van der Waals surface area contributed by atoms with Crippen LogP contribution < -0.4 is 0 Å². The van der Waals surface area contributed by atoms with Crippen LogP contribution in [-0.2, 0) is 24.9 Å². The predicted molar refractivity (Wildman–Crippen MR) is 108 cm³/mol. The standard InChI is InChI=1S/C20H30N2O4S/c1-5-11-22(18-10-12-27(24,25)15-18)19(23)14-26-21-13-16-6-8-17(9-7-16)20(2,3)4/h6-9,13,18H,5,10-12,14-15H2,1-4H3/b21-13+. The first kappa shape index (κ1) is 21.4. The molecule has 1 atom stereocenters. The van der Waals surface area contributed by atoms with E-state index in [1.807, 2.05) is 19.1 Å². The number of nitrogens with zero attached hydrogens (tertiary/aromatic N) is 2. The zero-order valence-corrected chi connectivity index (χ0v) is 17.5. The second kappa shape index (κ2) is 8.87. The van der Waals surface area contributed by atoms with Crippen molar-refractivity contribution in [2.45, 2.75) is 52.0 Å². The molecule has 27 heavy (non-hydrogen) atoms. The van der Waals surface area contributed by atoms with Gasteiger partial charge in [-0.15, -0.1) is 0 Å². The molecule has 1 heterocycles. The van der Waals surface area contributed by atoms with Gasteiger partial charge in [-0.3, -0.25) is 4.79 Å². The van der Waals surface area contributed by atoms with Gasteiger partial charge in [0.2, 0.25) is 0 Å². The van der Waals surface area contributed by atoms with Crippen LogP contribution in [0.1, 0.15) is 51.7 Å². The molecule has 1 aromatic carbocycles. The first-order valence-corrected chi connectivity index (χ1v) is 11.2. The van der Waals surface area contributed by atoms with Crippen LogP contribution in [0.25, 0.3) is 0 Å². The topological polar surface area (TPSA) is 76.0 Å². The highest BCUT2D eigenvalue weighted by atomic mass is 32.2. The number of hydrogen-bond acceptors (Lipinski definition) is 5. The summed E-state index contributed by atoms with van der Waals surface area (Å²) in [5.74, 6) is -0.0316. The van der Waals surface area contributed by atoms with E-state index in [-0.39, 0.29) is 35.5 Å². The molecule has 1 aliphatic rings. The fraction of sp³-hybridized carbons (Fsp3) is 0.600. The Morgan fingerprint density at radius 2 is 1.96 bits per heavy atom. The molecule has 0 aliphatic carbocycles. The molecule has 1 amide bonds. The van der Waals surface area contributed by atoms with E-state index in [1.165, 1.54) is 5.56 Å². The van der Waals surface area contributed by atoms with E-state index in [0.717, 1.165) is 12.0 Å². The number of carbonyl (C=O) groups is 1. The summed E-state index contributed by atoms with van der Waals surface area (Å²) in [6, 6.07) is 7.77. The number of hydrogen-bond donors (Lipinski definition) is 0. The molecule has 6 nitrogen and oxygen atoms in total. The molecule has 2 rings (SSSR count). The van der Waals surface area contributed by atoms with Crippen molar-refractivity contribution in [1.82, 2.24) is 4.90 Å². The number of sulfone groups is 1. The minimum Gasteiger partial charge on any atom is -0.386 e. The van der Waals surface area contributed by atoms with Crippen molar-refractivity contribution in [3.8, 4) is 0 Å². The van der Waals surface area contributed by atoms with Crippen molar-refractivity contribution in [3.63, 3.8) is 0 Å². The summed E-state index contributed by atoms with van der Waals surface area (Å²) < 4.78 is 23.4. The minimum atomic E-state index is -3.03. The molecular formula is C20H30N2O4S. The molecule has 1 saturated heterocycles. The highest BCUT2D eigenvalue weighted by Gasteiger charge is 2.34. The predicted octanol–water partition coefficient (Wildman–Crippen LogP) is 2.76. The van der Waals surface area contributed by atoms with Crippen molar-refractivity contribution in [2.75, 3.05) is 24.7 Å². The van der Waals surface area contributed by atoms with Crippen LogP contribution in [0.2, 0.25) is 0 Å². The van der Waals surface area contributed by atoms with E-state index in [4.69, 9.17) is 4.84 Å². The first-order valence-electron chi connectivity index (χ1n) is 9.38. The Kier molecular flexibility index (Phi) is 7.03. The Morgan fingerprint density at radius 3 is 2.48 bits per heavy atom. The monoisotopic (exact) mass is 394 g/mol. The van der Waals surface area contributed by atoms with E-state index in [0.29, 0.717) is 13.0 Å². The van der Waals surface area contributed by atoms with Crippen molar-refractivity contribution >= 4 is 22.0 Å². The lowest BCUT2D eigenvalue weighted by Gasteiger charge is -2.27. The van der Waals surface area contributed by atoms with E-state index in [9.17, 15) is 13.2 Å². The number of benzene rings is 1.